The van der Waals surface area contributed by atoms with Crippen molar-refractivity contribution in [3.05, 3.63) is 17.8 Å². The van der Waals surface area contributed by atoms with E-state index in [4.69, 9.17) is 15.6 Å². The van der Waals surface area contributed by atoms with Gasteiger partial charge in [-0.1, -0.05) is 0 Å². The predicted molar refractivity (Wildman–Crippen MR) is 71.5 cm³/mol. The number of aliphatic hydroxyl groups is 1. The molecule has 7 heteroatoms. The Hall–Kier alpha value is -1.02. The van der Waals surface area contributed by atoms with Crippen molar-refractivity contribution in [3.63, 3.8) is 0 Å². The van der Waals surface area contributed by atoms with Crippen LogP contribution in [0.4, 0.5) is 5.82 Å². The van der Waals surface area contributed by atoms with Gasteiger partial charge in [-0.15, -0.1) is 11.8 Å². The summed E-state index contributed by atoms with van der Waals surface area (Å²) in [5.41, 5.74) is 6.71. The van der Waals surface area contributed by atoms with Crippen LogP contribution >= 0.6 is 11.8 Å². The number of nitrogens with zero attached hydrogens (tertiary/aromatic N) is 2. The third-order valence-electron chi connectivity index (χ3n) is 3.18. The topological polar surface area (TPSA) is 84.8 Å². The van der Waals surface area contributed by atoms with Crippen molar-refractivity contribution in [3.8, 4) is 0 Å². The van der Waals surface area contributed by atoms with Crippen LogP contribution in [0.5, 0.6) is 0 Å². The number of thioether (sulfide) groups is 1. The minimum Gasteiger partial charge on any atom is -0.393 e. The number of nitrogens with one attached hydrogen (secondary N) is 1. The quantitative estimate of drug-likeness (QED) is 0.741. The molecule has 1 unspecified atom stereocenters. The van der Waals surface area contributed by atoms with Crippen molar-refractivity contribution >= 4 is 23.9 Å². The highest BCUT2D eigenvalue weighted by atomic mass is 32.2. The molecule has 2 aliphatic rings. The van der Waals surface area contributed by atoms with Gasteiger partial charge in [0.1, 0.15) is 23.6 Å². The Kier molecular flexibility index (Phi) is 3.06. The smallest absolute Gasteiger partial charge is 0.148 e. The van der Waals surface area contributed by atoms with Gasteiger partial charge in [-0.05, 0) is 13.0 Å². The molecule has 0 spiro atoms. The van der Waals surface area contributed by atoms with Gasteiger partial charge in [-0.3, -0.25) is 4.99 Å². The van der Waals surface area contributed by atoms with Crippen LogP contribution in [0.3, 0.4) is 0 Å². The lowest BCUT2D eigenvalue weighted by Gasteiger charge is -2.22. The minimum atomic E-state index is -0.319. The molecule has 1 aromatic rings. The van der Waals surface area contributed by atoms with E-state index in [0.717, 1.165) is 11.4 Å². The fourth-order valence-electron chi connectivity index (χ4n) is 2.31. The normalized spacial score (nSPS) is 34.4. The Morgan fingerprint density at radius 3 is 3.22 bits per heavy atom. The lowest BCUT2D eigenvalue weighted by Crippen LogP contribution is -2.22. The van der Waals surface area contributed by atoms with Crippen molar-refractivity contribution in [2.24, 2.45) is 10.7 Å². The van der Waals surface area contributed by atoms with E-state index in [1.165, 1.54) is 0 Å². The van der Waals surface area contributed by atoms with Gasteiger partial charge >= 0.3 is 0 Å². The lowest BCUT2D eigenvalue weighted by molar-refractivity contribution is -0.0127. The summed E-state index contributed by atoms with van der Waals surface area (Å²) in [5.74, 6) is 0.925. The second-order valence-electron chi connectivity index (χ2n) is 4.37. The maximum absolute atomic E-state index is 9.17. The molecular formula is C11H16N4O2S. The van der Waals surface area contributed by atoms with Gasteiger partial charge in [0.25, 0.3) is 0 Å². The molecule has 0 aliphatic carbocycles. The Balaban J connectivity index is 1.90. The molecule has 1 aromatic heterocycles. The molecule has 3 rings (SSSR count). The first-order valence-corrected chi connectivity index (χ1v) is 6.81. The van der Waals surface area contributed by atoms with Gasteiger partial charge in [0.15, 0.2) is 0 Å². The van der Waals surface area contributed by atoms with Crippen LogP contribution in [0.25, 0.3) is 0 Å². The first-order valence-electron chi connectivity index (χ1n) is 5.87. The molecule has 1 saturated heterocycles. The molecule has 0 aromatic carbocycles. The molecule has 18 heavy (non-hydrogen) atoms. The SMILES string of the molecule is C[C@H]1S[C@@H](CO)O[C@H]1n1ccc2c1NC=NC2N. The lowest BCUT2D eigenvalue weighted by atomic mass is 10.2. The first-order chi connectivity index (χ1) is 8.70. The molecule has 2 aliphatic heterocycles. The number of aliphatic imine (C=N–C) groups is 1. The number of rotatable bonds is 2. The highest BCUT2D eigenvalue weighted by molar-refractivity contribution is 8.00. The molecule has 4 atom stereocenters. The van der Waals surface area contributed by atoms with Crippen LogP contribution in [-0.4, -0.2) is 33.3 Å². The number of aromatic nitrogens is 1. The number of anilines is 1. The number of aliphatic hydroxyl groups excluding tert-OH is 1. The van der Waals surface area contributed by atoms with Gasteiger partial charge in [-0.25, -0.2) is 0 Å². The zero-order valence-electron chi connectivity index (χ0n) is 9.98. The van der Waals surface area contributed by atoms with Crippen molar-refractivity contribution in [1.29, 1.82) is 0 Å². The Morgan fingerprint density at radius 1 is 1.67 bits per heavy atom. The van der Waals surface area contributed by atoms with Crippen LogP contribution in [0.2, 0.25) is 0 Å². The molecular weight excluding hydrogens is 252 g/mol. The van der Waals surface area contributed by atoms with E-state index in [9.17, 15) is 0 Å². The Morgan fingerprint density at radius 2 is 2.50 bits per heavy atom. The molecule has 1 fully saturated rings. The minimum absolute atomic E-state index is 0.0311. The maximum atomic E-state index is 9.17. The van der Waals surface area contributed by atoms with Crippen molar-refractivity contribution < 1.29 is 9.84 Å². The average molecular weight is 268 g/mol. The van der Waals surface area contributed by atoms with Crippen LogP contribution in [-0.2, 0) is 4.74 Å². The van der Waals surface area contributed by atoms with E-state index >= 15 is 0 Å². The summed E-state index contributed by atoms with van der Waals surface area (Å²) < 4.78 is 7.84. The summed E-state index contributed by atoms with van der Waals surface area (Å²) in [7, 11) is 0. The molecule has 0 saturated carbocycles. The largest absolute Gasteiger partial charge is 0.393 e. The van der Waals surface area contributed by atoms with E-state index in [1.54, 1.807) is 18.1 Å². The third kappa shape index (κ3) is 1.83. The summed E-state index contributed by atoms with van der Waals surface area (Å²) in [6.07, 6.45) is 3.15. The standard InChI is InChI=1S/C11H16N4O2S/c1-6-11(17-8(4-16)18-6)15-3-2-7-9(12)13-5-14-10(7)15/h2-3,5-6,8-9,11,16H,4,12H2,1H3,(H,13,14)/t6-,8+,9?,11-/m1/s1. The summed E-state index contributed by atoms with van der Waals surface area (Å²) in [6.45, 7) is 2.12. The van der Waals surface area contributed by atoms with E-state index in [2.05, 4.69) is 17.2 Å². The van der Waals surface area contributed by atoms with Crippen LogP contribution in [0.15, 0.2) is 17.3 Å². The van der Waals surface area contributed by atoms with Gasteiger partial charge < -0.3 is 25.5 Å². The molecule has 6 nitrogen and oxygen atoms in total. The van der Waals surface area contributed by atoms with E-state index in [0.29, 0.717) is 0 Å². The molecule has 3 heterocycles. The summed E-state index contributed by atoms with van der Waals surface area (Å²) >= 11 is 1.64. The Bertz CT molecular complexity index is 476. The first kappa shape index (κ1) is 12.0. The highest BCUT2D eigenvalue weighted by Gasteiger charge is 2.35. The number of hydrogen-bond acceptors (Lipinski definition) is 6. The zero-order valence-corrected chi connectivity index (χ0v) is 10.8. The molecule has 0 radical (unpaired) electrons. The van der Waals surface area contributed by atoms with Gasteiger partial charge in [0, 0.05) is 11.8 Å². The van der Waals surface area contributed by atoms with E-state index in [-0.39, 0.29) is 29.7 Å². The average Bonchev–Trinajstić information content (AvgIpc) is 2.93. The predicted octanol–water partition coefficient (Wildman–Crippen LogP) is 0.868. The summed E-state index contributed by atoms with van der Waals surface area (Å²) in [5, 5.41) is 12.6. The second-order valence-corrected chi connectivity index (χ2v) is 5.92. The number of nitrogens with two attached hydrogens (primary N) is 1. The van der Waals surface area contributed by atoms with Gasteiger partial charge in [0.05, 0.1) is 18.2 Å². The summed E-state index contributed by atoms with van der Waals surface area (Å²) in [6, 6.07) is 1.95. The maximum Gasteiger partial charge on any atom is 0.148 e. The molecule has 0 bridgehead atoms. The second kappa shape index (κ2) is 4.58. The molecule has 98 valence electrons. The monoisotopic (exact) mass is 268 g/mol. The number of ether oxygens (including phenoxy) is 1. The van der Waals surface area contributed by atoms with E-state index in [1.807, 2.05) is 16.8 Å². The van der Waals surface area contributed by atoms with Gasteiger partial charge in [0.2, 0.25) is 0 Å². The van der Waals surface area contributed by atoms with Crippen LogP contribution in [0, 0.1) is 0 Å². The van der Waals surface area contributed by atoms with Crippen LogP contribution < -0.4 is 11.1 Å². The number of fused-ring (bicyclic) bond motifs is 1. The molecule has 0 amide bonds. The van der Waals surface area contributed by atoms with Crippen molar-refractivity contribution in [2.45, 2.75) is 30.0 Å². The fraction of sp³-hybridized carbons (Fsp3) is 0.545. The zero-order chi connectivity index (χ0) is 12.7. The van der Waals surface area contributed by atoms with E-state index < -0.39 is 0 Å². The highest BCUT2D eigenvalue weighted by Crippen LogP contribution is 2.41. The Labute approximate surface area is 109 Å². The van der Waals surface area contributed by atoms with Crippen molar-refractivity contribution in [2.75, 3.05) is 11.9 Å². The molecule has 4 N–H and O–H groups in total. The van der Waals surface area contributed by atoms with Crippen molar-refractivity contribution in [1.82, 2.24) is 4.57 Å². The van der Waals surface area contributed by atoms with Crippen LogP contribution in [0.1, 0.15) is 24.9 Å². The van der Waals surface area contributed by atoms with Gasteiger partial charge in [-0.2, -0.15) is 0 Å². The fourth-order valence-corrected chi connectivity index (χ4v) is 3.39. The summed E-state index contributed by atoms with van der Waals surface area (Å²) in [4.78, 5) is 4.10. The third-order valence-corrected chi connectivity index (χ3v) is 4.41. The number of hydrogen-bond donors (Lipinski definition) is 3.